The molecule has 0 spiro atoms. The fourth-order valence-electron chi connectivity index (χ4n) is 5.53. The Morgan fingerprint density at radius 3 is 2.16 bits per heavy atom. The fourth-order valence-corrected chi connectivity index (χ4v) is 5.53. The zero-order valence-corrected chi connectivity index (χ0v) is 22.2. The monoisotopic (exact) mass is 505 g/mol. The largest absolute Gasteiger partial charge is 0.333 e. The molecule has 0 radical (unpaired) electrons. The Balaban J connectivity index is 1.52. The molecule has 0 saturated heterocycles. The highest BCUT2D eigenvalue weighted by Crippen LogP contribution is 2.42. The Hall–Kier alpha value is -4.12. The van der Waals surface area contributed by atoms with Crippen LogP contribution in [0.1, 0.15) is 61.9 Å². The van der Waals surface area contributed by atoms with E-state index in [1.165, 1.54) is 0 Å². The molecule has 3 aromatic carbocycles. The zero-order valence-electron chi connectivity index (χ0n) is 22.2. The van der Waals surface area contributed by atoms with Crippen LogP contribution in [0.3, 0.4) is 0 Å². The Morgan fingerprint density at radius 1 is 0.816 bits per heavy atom. The summed E-state index contributed by atoms with van der Waals surface area (Å²) in [7, 11) is 0. The molecular weight excluding hydrogens is 470 g/mol. The summed E-state index contributed by atoms with van der Waals surface area (Å²) in [6.45, 7) is 4.75. The van der Waals surface area contributed by atoms with E-state index < -0.39 is 0 Å². The van der Waals surface area contributed by atoms with Gasteiger partial charge in [-0.05, 0) is 48.2 Å². The molecule has 2 unspecified atom stereocenters. The predicted molar refractivity (Wildman–Crippen MR) is 153 cm³/mol. The van der Waals surface area contributed by atoms with Crippen molar-refractivity contribution in [3.05, 3.63) is 120 Å². The molecule has 1 aromatic heterocycles. The van der Waals surface area contributed by atoms with Gasteiger partial charge in [-0.15, -0.1) is 0 Å². The first-order chi connectivity index (χ1) is 18.6. The van der Waals surface area contributed by atoms with Crippen molar-refractivity contribution in [2.75, 3.05) is 18.0 Å². The lowest BCUT2D eigenvalue weighted by Gasteiger charge is -2.39. The van der Waals surface area contributed by atoms with Crippen molar-refractivity contribution in [1.29, 1.82) is 0 Å². The van der Waals surface area contributed by atoms with Gasteiger partial charge in [0.05, 0.1) is 23.0 Å². The first-order valence-electron chi connectivity index (χ1n) is 13.6. The maximum atomic E-state index is 14.3. The number of carbonyl (C=O) groups is 2. The molecule has 2 atom stereocenters. The molecule has 1 aliphatic heterocycles. The molecule has 1 aliphatic rings. The lowest BCUT2D eigenvalue weighted by atomic mass is 9.94. The van der Waals surface area contributed by atoms with Crippen molar-refractivity contribution in [3.8, 4) is 5.69 Å². The second-order valence-electron chi connectivity index (χ2n) is 9.85. The molecule has 2 amide bonds. The summed E-state index contributed by atoms with van der Waals surface area (Å²) in [4.78, 5) is 31.9. The van der Waals surface area contributed by atoms with Crippen LogP contribution in [0, 0.1) is 0 Å². The number of para-hydroxylation sites is 2. The van der Waals surface area contributed by atoms with Crippen LogP contribution in [0.2, 0.25) is 0 Å². The first kappa shape index (κ1) is 25.5. The number of anilines is 1. The second kappa shape index (κ2) is 11.5. The first-order valence-corrected chi connectivity index (χ1v) is 13.6. The molecule has 5 nitrogen and oxygen atoms in total. The van der Waals surface area contributed by atoms with Crippen molar-refractivity contribution in [2.45, 2.75) is 45.1 Å². The molecule has 5 rings (SSSR count). The maximum absolute atomic E-state index is 14.3. The lowest BCUT2D eigenvalue weighted by Crippen LogP contribution is -2.48. The van der Waals surface area contributed by atoms with E-state index in [9.17, 15) is 9.59 Å². The highest BCUT2D eigenvalue weighted by atomic mass is 16.2. The van der Waals surface area contributed by atoms with Gasteiger partial charge in [0.2, 0.25) is 11.8 Å². The van der Waals surface area contributed by atoms with E-state index >= 15 is 0 Å². The SMILES string of the molecule is CCCCN(CC(=O)N1c2ccccc2-n2cccc2C1c1ccccc1)C(=O)C(CC)c1ccccc1. The van der Waals surface area contributed by atoms with Crippen LogP contribution in [0.25, 0.3) is 5.69 Å². The van der Waals surface area contributed by atoms with E-state index in [1.807, 2.05) is 90.7 Å². The quantitative estimate of drug-likeness (QED) is 0.253. The third-order valence-electron chi connectivity index (χ3n) is 7.43. The van der Waals surface area contributed by atoms with E-state index in [-0.39, 0.29) is 30.3 Å². The van der Waals surface area contributed by atoms with Gasteiger partial charge in [-0.3, -0.25) is 14.5 Å². The minimum Gasteiger partial charge on any atom is -0.333 e. The van der Waals surface area contributed by atoms with Crippen LogP contribution < -0.4 is 4.90 Å². The highest BCUT2D eigenvalue weighted by Gasteiger charge is 2.37. The van der Waals surface area contributed by atoms with Gasteiger partial charge in [0.25, 0.3) is 0 Å². The van der Waals surface area contributed by atoms with Gasteiger partial charge in [0.1, 0.15) is 12.6 Å². The maximum Gasteiger partial charge on any atom is 0.247 e. The Labute approximate surface area is 225 Å². The number of aromatic nitrogens is 1. The van der Waals surface area contributed by atoms with E-state index in [0.717, 1.165) is 41.0 Å². The molecule has 38 heavy (non-hydrogen) atoms. The Kier molecular flexibility index (Phi) is 7.73. The van der Waals surface area contributed by atoms with Gasteiger partial charge >= 0.3 is 0 Å². The van der Waals surface area contributed by atoms with E-state index in [2.05, 4.69) is 35.9 Å². The highest BCUT2D eigenvalue weighted by molar-refractivity contribution is 6.01. The van der Waals surface area contributed by atoms with E-state index in [4.69, 9.17) is 0 Å². The third kappa shape index (κ3) is 4.89. The molecule has 194 valence electrons. The molecular formula is C33H35N3O2. The summed E-state index contributed by atoms with van der Waals surface area (Å²) >= 11 is 0. The van der Waals surface area contributed by atoms with Gasteiger partial charge in [0.15, 0.2) is 0 Å². The van der Waals surface area contributed by atoms with Crippen molar-refractivity contribution >= 4 is 17.5 Å². The standard InChI is InChI=1S/C33H35N3O2/c1-3-5-22-34(33(38)27(4-2)25-15-8-6-9-16-25)24-31(37)36-29-20-13-12-19-28(29)35-23-14-21-30(35)32(36)26-17-10-7-11-18-26/h6-21,23,27,32H,3-5,22,24H2,1-2H3. The number of nitrogens with zero attached hydrogens (tertiary/aromatic N) is 3. The van der Waals surface area contributed by atoms with Crippen molar-refractivity contribution < 1.29 is 9.59 Å². The van der Waals surface area contributed by atoms with Gasteiger partial charge in [-0.2, -0.15) is 0 Å². The molecule has 0 N–H and O–H groups in total. The molecule has 0 bridgehead atoms. The van der Waals surface area contributed by atoms with Crippen molar-refractivity contribution in [3.63, 3.8) is 0 Å². The third-order valence-corrected chi connectivity index (χ3v) is 7.43. The minimum absolute atomic E-state index is 0.0189. The molecule has 5 heteroatoms. The van der Waals surface area contributed by atoms with Crippen LogP contribution in [0.5, 0.6) is 0 Å². The summed E-state index contributed by atoms with van der Waals surface area (Å²) in [5.74, 6) is -0.326. The number of hydrogen-bond acceptors (Lipinski definition) is 2. The number of benzene rings is 3. The second-order valence-corrected chi connectivity index (χ2v) is 9.85. The summed E-state index contributed by atoms with van der Waals surface area (Å²) in [6.07, 6.45) is 4.54. The number of amides is 2. The normalized spacial score (nSPS) is 14.9. The van der Waals surface area contributed by atoms with Gasteiger partial charge < -0.3 is 9.47 Å². The number of fused-ring (bicyclic) bond motifs is 3. The van der Waals surface area contributed by atoms with Gasteiger partial charge in [-0.1, -0.05) is 93.1 Å². The minimum atomic E-state index is -0.284. The summed E-state index contributed by atoms with van der Waals surface area (Å²) in [5.41, 5.74) is 4.89. The van der Waals surface area contributed by atoms with Gasteiger partial charge in [0, 0.05) is 12.7 Å². The van der Waals surface area contributed by atoms with Crippen molar-refractivity contribution in [2.24, 2.45) is 0 Å². The smallest absolute Gasteiger partial charge is 0.247 e. The number of hydrogen-bond donors (Lipinski definition) is 0. The van der Waals surface area contributed by atoms with Crippen molar-refractivity contribution in [1.82, 2.24) is 9.47 Å². The van der Waals surface area contributed by atoms with Gasteiger partial charge in [-0.25, -0.2) is 0 Å². The summed E-state index contributed by atoms with van der Waals surface area (Å²) < 4.78 is 2.17. The molecule has 0 fully saturated rings. The average Bonchev–Trinajstić information content (AvgIpc) is 3.46. The molecule has 2 heterocycles. The van der Waals surface area contributed by atoms with Crippen LogP contribution in [0.4, 0.5) is 5.69 Å². The number of unbranched alkanes of at least 4 members (excludes halogenated alkanes) is 1. The van der Waals surface area contributed by atoms with E-state index in [1.54, 1.807) is 4.90 Å². The fraction of sp³-hybridized carbons (Fsp3) is 0.273. The summed E-state index contributed by atoms with van der Waals surface area (Å²) in [6, 6.07) is 31.9. The zero-order chi connectivity index (χ0) is 26.5. The van der Waals surface area contributed by atoms with E-state index in [0.29, 0.717) is 13.0 Å². The molecule has 0 saturated carbocycles. The van der Waals surface area contributed by atoms with Crippen LogP contribution in [-0.2, 0) is 9.59 Å². The molecule has 0 aliphatic carbocycles. The van der Waals surface area contributed by atoms with Crippen LogP contribution >= 0.6 is 0 Å². The lowest BCUT2D eigenvalue weighted by molar-refractivity contribution is -0.136. The number of carbonyl (C=O) groups excluding carboxylic acids is 2. The summed E-state index contributed by atoms with van der Waals surface area (Å²) in [5, 5.41) is 0. The Bertz CT molecular complexity index is 1380. The van der Waals surface area contributed by atoms with Crippen LogP contribution in [-0.4, -0.2) is 34.4 Å². The Morgan fingerprint density at radius 2 is 1.47 bits per heavy atom. The topological polar surface area (TPSA) is 45.6 Å². The van der Waals surface area contributed by atoms with Crippen LogP contribution in [0.15, 0.2) is 103 Å². The number of rotatable bonds is 9. The average molecular weight is 506 g/mol. The molecule has 4 aromatic rings. The predicted octanol–water partition coefficient (Wildman–Crippen LogP) is 6.74.